The standard InChI is InChI=1S/C16H19N3OS.2ClH/c1-11-18-12(10-21-11)9-19(2)16(20)14-5-3-7-15-13(14)6-4-8-17-15;;/h3,5,7,10,17H,4,6,8-9H2,1-2H3;2*1H. The number of nitrogens with zero attached hydrogens (tertiary/aromatic N) is 2. The van der Waals surface area contributed by atoms with Crippen molar-refractivity contribution in [1.82, 2.24) is 9.88 Å². The molecule has 0 unspecified atom stereocenters. The Kier molecular flexibility index (Phi) is 7.32. The van der Waals surface area contributed by atoms with Gasteiger partial charge in [0.1, 0.15) is 0 Å². The van der Waals surface area contributed by atoms with Crippen molar-refractivity contribution in [3.8, 4) is 0 Å². The number of aryl methyl sites for hydroxylation is 1. The van der Waals surface area contributed by atoms with Gasteiger partial charge in [0.15, 0.2) is 0 Å². The van der Waals surface area contributed by atoms with Crippen LogP contribution in [0.5, 0.6) is 0 Å². The summed E-state index contributed by atoms with van der Waals surface area (Å²) >= 11 is 1.62. The SMILES string of the molecule is Cc1nc(CN(C)C(=O)c2cccc3c2CCCN3)cs1.Cl.Cl. The fraction of sp³-hybridized carbons (Fsp3) is 0.375. The number of carbonyl (C=O) groups is 1. The molecule has 4 nitrogen and oxygen atoms in total. The van der Waals surface area contributed by atoms with E-state index in [2.05, 4.69) is 16.4 Å². The third-order valence-corrected chi connectivity index (χ3v) is 4.56. The van der Waals surface area contributed by atoms with Gasteiger partial charge in [0.05, 0.1) is 17.2 Å². The van der Waals surface area contributed by atoms with E-state index in [1.165, 1.54) is 0 Å². The first-order valence-electron chi connectivity index (χ1n) is 7.17. The minimum Gasteiger partial charge on any atom is -0.385 e. The fourth-order valence-electron chi connectivity index (χ4n) is 2.71. The molecule has 1 aliphatic heterocycles. The Hall–Kier alpha value is -1.30. The van der Waals surface area contributed by atoms with Crippen molar-refractivity contribution >= 4 is 47.7 Å². The van der Waals surface area contributed by atoms with E-state index in [-0.39, 0.29) is 30.7 Å². The van der Waals surface area contributed by atoms with E-state index in [0.29, 0.717) is 6.54 Å². The summed E-state index contributed by atoms with van der Waals surface area (Å²) in [4.78, 5) is 18.9. The van der Waals surface area contributed by atoms with Crippen molar-refractivity contribution in [2.75, 3.05) is 18.9 Å². The Morgan fingerprint density at radius 3 is 2.87 bits per heavy atom. The first kappa shape index (κ1) is 19.7. The largest absolute Gasteiger partial charge is 0.385 e. The molecule has 1 aromatic carbocycles. The maximum absolute atomic E-state index is 12.7. The molecule has 2 heterocycles. The molecule has 0 aliphatic carbocycles. The molecule has 1 aliphatic rings. The predicted octanol–water partition coefficient (Wildman–Crippen LogP) is 3.93. The average molecular weight is 374 g/mol. The summed E-state index contributed by atoms with van der Waals surface area (Å²) in [5.74, 6) is 0.0706. The van der Waals surface area contributed by atoms with Crippen LogP contribution in [0.15, 0.2) is 23.6 Å². The van der Waals surface area contributed by atoms with E-state index in [9.17, 15) is 4.79 Å². The fourth-order valence-corrected chi connectivity index (χ4v) is 3.32. The van der Waals surface area contributed by atoms with Gasteiger partial charge in [-0.3, -0.25) is 4.79 Å². The number of carbonyl (C=O) groups excluding carboxylic acids is 1. The normalized spacial score (nSPS) is 12.3. The van der Waals surface area contributed by atoms with Gasteiger partial charge in [-0.05, 0) is 37.5 Å². The van der Waals surface area contributed by atoms with E-state index in [4.69, 9.17) is 0 Å². The van der Waals surface area contributed by atoms with Crippen LogP contribution in [0.2, 0.25) is 0 Å². The topological polar surface area (TPSA) is 45.2 Å². The molecule has 0 spiro atoms. The molecule has 0 radical (unpaired) electrons. The number of benzene rings is 1. The van der Waals surface area contributed by atoms with E-state index >= 15 is 0 Å². The summed E-state index contributed by atoms with van der Waals surface area (Å²) in [5, 5.41) is 6.42. The smallest absolute Gasteiger partial charge is 0.254 e. The van der Waals surface area contributed by atoms with Crippen molar-refractivity contribution in [3.05, 3.63) is 45.4 Å². The second kappa shape index (κ2) is 8.52. The zero-order valence-electron chi connectivity index (χ0n) is 13.2. The van der Waals surface area contributed by atoms with Gasteiger partial charge in [-0.2, -0.15) is 0 Å². The molecule has 0 atom stereocenters. The number of anilines is 1. The predicted molar refractivity (Wildman–Crippen MR) is 100 cm³/mol. The van der Waals surface area contributed by atoms with Gasteiger partial charge in [0.2, 0.25) is 0 Å². The number of fused-ring (bicyclic) bond motifs is 1. The van der Waals surface area contributed by atoms with Crippen LogP contribution in [-0.4, -0.2) is 29.4 Å². The number of nitrogens with one attached hydrogen (secondary N) is 1. The number of rotatable bonds is 3. The van der Waals surface area contributed by atoms with Gasteiger partial charge in [0, 0.05) is 30.2 Å². The highest BCUT2D eigenvalue weighted by molar-refractivity contribution is 7.09. The molecule has 1 amide bonds. The molecule has 0 bridgehead atoms. The molecular formula is C16H21Cl2N3OS. The van der Waals surface area contributed by atoms with Crippen molar-refractivity contribution in [3.63, 3.8) is 0 Å². The summed E-state index contributed by atoms with van der Waals surface area (Å²) in [7, 11) is 1.84. The second-order valence-corrected chi connectivity index (χ2v) is 6.44. The van der Waals surface area contributed by atoms with Crippen LogP contribution in [-0.2, 0) is 13.0 Å². The maximum Gasteiger partial charge on any atom is 0.254 e. The lowest BCUT2D eigenvalue weighted by atomic mass is 9.97. The number of hydrogen-bond acceptors (Lipinski definition) is 4. The van der Waals surface area contributed by atoms with Crippen LogP contribution < -0.4 is 5.32 Å². The molecule has 23 heavy (non-hydrogen) atoms. The molecule has 1 N–H and O–H groups in total. The van der Waals surface area contributed by atoms with E-state index in [1.54, 1.807) is 16.2 Å². The first-order chi connectivity index (χ1) is 10.1. The monoisotopic (exact) mass is 373 g/mol. The van der Waals surface area contributed by atoms with Gasteiger partial charge in [0.25, 0.3) is 5.91 Å². The van der Waals surface area contributed by atoms with Crippen LogP contribution in [0.25, 0.3) is 0 Å². The molecule has 126 valence electrons. The maximum atomic E-state index is 12.7. The van der Waals surface area contributed by atoms with Crippen LogP contribution in [0, 0.1) is 6.92 Å². The number of halogens is 2. The summed E-state index contributed by atoms with van der Waals surface area (Å²) < 4.78 is 0. The highest BCUT2D eigenvalue weighted by Gasteiger charge is 2.20. The molecular weight excluding hydrogens is 353 g/mol. The van der Waals surface area contributed by atoms with Crippen molar-refractivity contribution in [1.29, 1.82) is 0 Å². The van der Waals surface area contributed by atoms with Crippen LogP contribution in [0.1, 0.15) is 33.0 Å². The van der Waals surface area contributed by atoms with E-state index < -0.39 is 0 Å². The summed E-state index contributed by atoms with van der Waals surface area (Å²) in [6.45, 7) is 3.52. The number of aromatic nitrogens is 1. The summed E-state index contributed by atoms with van der Waals surface area (Å²) in [5.41, 5.74) is 4.02. The summed E-state index contributed by atoms with van der Waals surface area (Å²) in [6.07, 6.45) is 2.04. The third kappa shape index (κ3) is 4.37. The molecule has 0 saturated heterocycles. The van der Waals surface area contributed by atoms with Crippen LogP contribution in [0.3, 0.4) is 0 Å². The lowest BCUT2D eigenvalue weighted by Crippen LogP contribution is -2.28. The molecule has 1 aromatic heterocycles. The van der Waals surface area contributed by atoms with Gasteiger partial charge < -0.3 is 10.2 Å². The van der Waals surface area contributed by atoms with Crippen LogP contribution >= 0.6 is 36.2 Å². The Bertz CT molecular complexity index is 675. The highest BCUT2D eigenvalue weighted by atomic mass is 35.5. The highest BCUT2D eigenvalue weighted by Crippen LogP contribution is 2.26. The van der Waals surface area contributed by atoms with Gasteiger partial charge in [-0.15, -0.1) is 36.2 Å². The quantitative estimate of drug-likeness (QED) is 0.886. The number of hydrogen-bond donors (Lipinski definition) is 1. The Labute approximate surface area is 153 Å². The van der Waals surface area contributed by atoms with Gasteiger partial charge in [-0.25, -0.2) is 4.98 Å². The number of amides is 1. The van der Waals surface area contributed by atoms with Gasteiger partial charge in [-0.1, -0.05) is 6.07 Å². The number of thiazole rings is 1. The minimum atomic E-state index is 0. The Balaban J connectivity index is 0.00000132. The van der Waals surface area contributed by atoms with Crippen molar-refractivity contribution < 1.29 is 4.79 Å². The molecule has 7 heteroatoms. The molecule has 0 fully saturated rings. The molecule has 2 aromatic rings. The van der Waals surface area contributed by atoms with Crippen molar-refractivity contribution in [2.45, 2.75) is 26.3 Å². The lowest BCUT2D eigenvalue weighted by Gasteiger charge is -2.23. The van der Waals surface area contributed by atoms with Crippen molar-refractivity contribution in [2.24, 2.45) is 0 Å². The first-order valence-corrected chi connectivity index (χ1v) is 8.05. The van der Waals surface area contributed by atoms with E-state index in [0.717, 1.165) is 46.9 Å². The average Bonchev–Trinajstić information content (AvgIpc) is 2.91. The zero-order chi connectivity index (χ0) is 14.8. The molecule has 3 rings (SSSR count). The minimum absolute atomic E-state index is 0. The lowest BCUT2D eigenvalue weighted by molar-refractivity contribution is 0.0782. The zero-order valence-corrected chi connectivity index (χ0v) is 15.6. The second-order valence-electron chi connectivity index (χ2n) is 5.38. The van der Waals surface area contributed by atoms with E-state index in [1.807, 2.05) is 31.5 Å². The third-order valence-electron chi connectivity index (χ3n) is 3.74. The van der Waals surface area contributed by atoms with Gasteiger partial charge >= 0.3 is 0 Å². The Morgan fingerprint density at radius 1 is 1.39 bits per heavy atom. The Morgan fingerprint density at radius 2 is 2.17 bits per heavy atom. The molecule has 0 saturated carbocycles. The van der Waals surface area contributed by atoms with Crippen LogP contribution in [0.4, 0.5) is 5.69 Å². The summed E-state index contributed by atoms with van der Waals surface area (Å²) in [6, 6.07) is 5.93.